The summed E-state index contributed by atoms with van der Waals surface area (Å²) in [7, 11) is 0. The van der Waals surface area contributed by atoms with Gasteiger partial charge in [0.25, 0.3) is 0 Å². The molecule has 1 heteroatoms. The molecule has 1 aliphatic rings. The molecular formula is C20H33N. The Balaban J connectivity index is 2.10. The van der Waals surface area contributed by atoms with E-state index in [1.165, 1.54) is 24.8 Å². The molecule has 0 aromatic heterocycles. The summed E-state index contributed by atoms with van der Waals surface area (Å²) in [6.07, 6.45) is 5.24. The van der Waals surface area contributed by atoms with Crippen molar-refractivity contribution in [1.82, 2.24) is 5.32 Å². The molecule has 1 saturated carbocycles. The summed E-state index contributed by atoms with van der Waals surface area (Å²) >= 11 is 0. The summed E-state index contributed by atoms with van der Waals surface area (Å²) in [6, 6.07) is 9.41. The Bertz CT molecular complexity index is 426. The lowest BCUT2D eigenvalue weighted by molar-refractivity contribution is 0.227. The van der Waals surface area contributed by atoms with E-state index < -0.39 is 0 Å². The van der Waals surface area contributed by atoms with Gasteiger partial charge in [0.2, 0.25) is 0 Å². The fourth-order valence-corrected chi connectivity index (χ4v) is 3.53. The molecule has 0 bridgehead atoms. The van der Waals surface area contributed by atoms with Gasteiger partial charge in [-0.2, -0.15) is 0 Å². The van der Waals surface area contributed by atoms with E-state index in [4.69, 9.17) is 0 Å². The molecule has 21 heavy (non-hydrogen) atoms. The number of rotatable bonds is 4. The molecular weight excluding hydrogens is 254 g/mol. The van der Waals surface area contributed by atoms with E-state index in [2.05, 4.69) is 64.2 Å². The van der Waals surface area contributed by atoms with Crippen molar-refractivity contribution < 1.29 is 0 Å². The fraction of sp³-hybridized carbons (Fsp3) is 0.700. The van der Waals surface area contributed by atoms with Crippen molar-refractivity contribution in [2.75, 3.05) is 6.54 Å². The first-order valence-corrected chi connectivity index (χ1v) is 8.73. The number of nitrogens with one attached hydrogen (secondary N) is 1. The number of hydrogen-bond acceptors (Lipinski definition) is 1. The maximum absolute atomic E-state index is 3.73. The average molecular weight is 287 g/mol. The molecule has 1 fully saturated rings. The van der Waals surface area contributed by atoms with E-state index in [9.17, 15) is 0 Å². The van der Waals surface area contributed by atoms with Crippen LogP contribution in [0.3, 0.4) is 0 Å². The van der Waals surface area contributed by atoms with E-state index in [-0.39, 0.29) is 5.54 Å². The Morgan fingerprint density at radius 1 is 1.10 bits per heavy atom. The Labute approximate surface area is 131 Å². The standard InChI is InChI=1S/C20H33N/c1-6-16-8-11-17(12-9-16)19-13-15(2)7-10-18(19)14-21-20(3,4)5/h8-9,11-12,15,18-19,21H,6-7,10,13-14H2,1-5H3. The highest BCUT2D eigenvalue weighted by Crippen LogP contribution is 2.40. The molecule has 1 aromatic rings. The molecule has 0 spiro atoms. The molecule has 1 N–H and O–H groups in total. The molecule has 1 aromatic carbocycles. The van der Waals surface area contributed by atoms with Crippen molar-refractivity contribution in [2.45, 2.75) is 71.8 Å². The largest absolute Gasteiger partial charge is 0.312 e. The molecule has 0 radical (unpaired) electrons. The van der Waals surface area contributed by atoms with Crippen LogP contribution in [0.15, 0.2) is 24.3 Å². The molecule has 1 nitrogen and oxygen atoms in total. The second-order valence-corrected chi connectivity index (χ2v) is 8.01. The van der Waals surface area contributed by atoms with Crippen LogP contribution in [0.1, 0.15) is 70.9 Å². The molecule has 3 unspecified atom stereocenters. The summed E-state index contributed by atoms with van der Waals surface area (Å²) in [5, 5.41) is 3.73. The van der Waals surface area contributed by atoms with Crippen LogP contribution in [0.4, 0.5) is 0 Å². The number of aryl methyl sites for hydroxylation is 1. The quantitative estimate of drug-likeness (QED) is 0.807. The monoisotopic (exact) mass is 287 g/mol. The van der Waals surface area contributed by atoms with Crippen LogP contribution in [0.25, 0.3) is 0 Å². The first kappa shape index (κ1) is 16.5. The minimum absolute atomic E-state index is 0.222. The lowest BCUT2D eigenvalue weighted by Gasteiger charge is -2.37. The summed E-state index contributed by atoms with van der Waals surface area (Å²) in [5.41, 5.74) is 3.23. The van der Waals surface area contributed by atoms with Crippen LogP contribution >= 0.6 is 0 Å². The molecule has 0 heterocycles. The molecule has 1 aliphatic carbocycles. The topological polar surface area (TPSA) is 12.0 Å². The Morgan fingerprint density at radius 2 is 1.76 bits per heavy atom. The maximum Gasteiger partial charge on any atom is 0.00966 e. The lowest BCUT2D eigenvalue weighted by atomic mass is 9.71. The van der Waals surface area contributed by atoms with Crippen molar-refractivity contribution in [3.05, 3.63) is 35.4 Å². The van der Waals surface area contributed by atoms with Crippen molar-refractivity contribution >= 4 is 0 Å². The van der Waals surface area contributed by atoms with Gasteiger partial charge < -0.3 is 5.32 Å². The van der Waals surface area contributed by atoms with Gasteiger partial charge in [-0.25, -0.2) is 0 Å². The molecule has 0 amide bonds. The SMILES string of the molecule is CCc1ccc(C2CC(C)CCC2CNC(C)(C)C)cc1. The van der Waals surface area contributed by atoms with Crippen LogP contribution in [0.5, 0.6) is 0 Å². The Kier molecular flexibility index (Phi) is 5.48. The average Bonchev–Trinajstić information content (AvgIpc) is 2.45. The number of hydrogen-bond donors (Lipinski definition) is 1. The maximum atomic E-state index is 3.73. The van der Waals surface area contributed by atoms with E-state index in [0.29, 0.717) is 0 Å². The zero-order valence-corrected chi connectivity index (χ0v) is 14.6. The van der Waals surface area contributed by atoms with Crippen LogP contribution in [0.2, 0.25) is 0 Å². The number of benzene rings is 1. The minimum Gasteiger partial charge on any atom is -0.312 e. The van der Waals surface area contributed by atoms with E-state index >= 15 is 0 Å². The summed E-state index contributed by atoms with van der Waals surface area (Å²) in [4.78, 5) is 0. The van der Waals surface area contributed by atoms with Crippen molar-refractivity contribution in [3.8, 4) is 0 Å². The first-order valence-electron chi connectivity index (χ1n) is 8.73. The lowest BCUT2D eigenvalue weighted by Crippen LogP contribution is -2.41. The Hall–Kier alpha value is -0.820. The van der Waals surface area contributed by atoms with Gasteiger partial charge in [-0.15, -0.1) is 0 Å². The van der Waals surface area contributed by atoms with Crippen molar-refractivity contribution in [2.24, 2.45) is 11.8 Å². The van der Waals surface area contributed by atoms with Gasteiger partial charge in [0, 0.05) is 5.54 Å². The summed E-state index contributed by atoms with van der Waals surface area (Å²) < 4.78 is 0. The van der Waals surface area contributed by atoms with Gasteiger partial charge in [-0.1, -0.05) is 44.5 Å². The highest BCUT2D eigenvalue weighted by Gasteiger charge is 2.30. The normalized spacial score (nSPS) is 26.8. The molecule has 2 rings (SSSR count). The van der Waals surface area contributed by atoms with Gasteiger partial charge in [0.05, 0.1) is 0 Å². The third-order valence-corrected chi connectivity index (χ3v) is 4.97. The highest BCUT2D eigenvalue weighted by molar-refractivity contribution is 5.26. The summed E-state index contributed by atoms with van der Waals surface area (Å²) in [6.45, 7) is 12.6. The zero-order valence-electron chi connectivity index (χ0n) is 14.6. The first-order chi connectivity index (χ1) is 9.89. The van der Waals surface area contributed by atoms with Crippen LogP contribution in [-0.2, 0) is 6.42 Å². The van der Waals surface area contributed by atoms with Gasteiger partial charge in [0.1, 0.15) is 0 Å². The van der Waals surface area contributed by atoms with Crippen LogP contribution in [-0.4, -0.2) is 12.1 Å². The van der Waals surface area contributed by atoms with Crippen LogP contribution < -0.4 is 5.32 Å². The smallest absolute Gasteiger partial charge is 0.00966 e. The van der Waals surface area contributed by atoms with Gasteiger partial charge in [-0.05, 0) is 75.5 Å². The molecule has 118 valence electrons. The second-order valence-electron chi connectivity index (χ2n) is 8.01. The third-order valence-electron chi connectivity index (χ3n) is 4.97. The minimum atomic E-state index is 0.222. The second kappa shape index (κ2) is 6.96. The van der Waals surface area contributed by atoms with E-state index in [1.807, 2.05) is 0 Å². The predicted octanol–water partition coefficient (Wildman–Crippen LogP) is 5.16. The van der Waals surface area contributed by atoms with Gasteiger partial charge in [0.15, 0.2) is 0 Å². The Morgan fingerprint density at radius 3 is 2.33 bits per heavy atom. The van der Waals surface area contributed by atoms with Crippen molar-refractivity contribution in [3.63, 3.8) is 0 Å². The molecule has 0 saturated heterocycles. The molecule has 3 atom stereocenters. The molecule has 0 aliphatic heterocycles. The highest BCUT2D eigenvalue weighted by atomic mass is 14.9. The fourth-order valence-electron chi connectivity index (χ4n) is 3.53. The van der Waals surface area contributed by atoms with Gasteiger partial charge >= 0.3 is 0 Å². The van der Waals surface area contributed by atoms with E-state index in [1.54, 1.807) is 5.56 Å². The van der Waals surface area contributed by atoms with E-state index in [0.717, 1.165) is 30.7 Å². The van der Waals surface area contributed by atoms with Crippen molar-refractivity contribution in [1.29, 1.82) is 0 Å². The van der Waals surface area contributed by atoms with Crippen LogP contribution in [0, 0.1) is 11.8 Å². The summed E-state index contributed by atoms with van der Waals surface area (Å²) in [5.74, 6) is 2.38. The third kappa shape index (κ3) is 4.85. The van der Waals surface area contributed by atoms with Gasteiger partial charge in [-0.3, -0.25) is 0 Å². The zero-order chi connectivity index (χ0) is 15.5. The predicted molar refractivity (Wildman–Crippen MR) is 92.8 cm³/mol.